The molecule has 0 amide bonds. The molecule has 3 N–H and O–H groups in total. The summed E-state index contributed by atoms with van der Waals surface area (Å²) in [6.45, 7) is 2.11. The summed E-state index contributed by atoms with van der Waals surface area (Å²) in [6.07, 6.45) is -4.83. The Morgan fingerprint density at radius 3 is 2.48 bits per heavy atom. The highest BCUT2D eigenvalue weighted by Gasteiger charge is 2.32. The minimum Gasteiger partial charge on any atom is -0.491 e. The number of rotatable bonds is 6. The highest BCUT2D eigenvalue weighted by atomic mass is 127. The highest BCUT2D eigenvalue weighted by molar-refractivity contribution is 14.0. The van der Waals surface area contributed by atoms with Crippen LogP contribution < -0.4 is 20.5 Å². The van der Waals surface area contributed by atoms with Crippen LogP contribution in [0.15, 0.2) is 47.5 Å². The summed E-state index contributed by atoms with van der Waals surface area (Å²) in [4.78, 5) is 3.98. The standard InChI is InChI=1S/C17H17F4N3O2.HI/c1-2-25-14-8-7-11(9-12(14)18)10-23-16(22)24-13-5-3-4-6-15(13)26-17(19,20)21;/h3-9H,2,10H2,1H3,(H3,22,23,24);1H. The average molecular weight is 499 g/mol. The second-order valence-electron chi connectivity index (χ2n) is 5.07. The van der Waals surface area contributed by atoms with Crippen molar-refractivity contribution in [2.45, 2.75) is 19.8 Å². The fourth-order valence-corrected chi connectivity index (χ4v) is 2.05. The Hall–Kier alpha value is -2.24. The molecular weight excluding hydrogens is 481 g/mol. The van der Waals surface area contributed by atoms with E-state index in [2.05, 4.69) is 15.0 Å². The summed E-state index contributed by atoms with van der Waals surface area (Å²) < 4.78 is 60.0. The van der Waals surface area contributed by atoms with Crippen LogP contribution in [-0.2, 0) is 6.54 Å². The van der Waals surface area contributed by atoms with E-state index in [1.165, 1.54) is 30.3 Å². The van der Waals surface area contributed by atoms with Crippen LogP contribution in [0.4, 0.5) is 23.2 Å². The predicted octanol–water partition coefficient (Wildman–Crippen LogP) is 4.67. The molecule has 0 heterocycles. The van der Waals surface area contributed by atoms with E-state index in [1.54, 1.807) is 13.0 Å². The van der Waals surface area contributed by atoms with Gasteiger partial charge in [0, 0.05) is 0 Å². The second-order valence-corrected chi connectivity index (χ2v) is 5.07. The number of alkyl halides is 3. The van der Waals surface area contributed by atoms with Crippen molar-refractivity contribution < 1.29 is 27.0 Å². The molecule has 2 rings (SSSR count). The van der Waals surface area contributed by atoms with Crippen molar-refractivity contribution >= 4 is 35.6 Å². The Morgan fingerprint density at radius 2 is 1.85 bits per heavy atom. The fourth-order valence-electron chi connectivity index (χ4n) is 2.05. The van der Waals surface area contributed by atoms with Crippen LogP contribution in [0, 0.1) is 5.82 Å². The van der Waals surface area contributed by atoms with Gasteiger partial charge < -0.3 is 20.5 Å². The van der Waals surface area contributed by atoms with Gasteiger partial charge in [0.2, 0.25) is 0 Å². The summed E-state index contributed by atoms with van der Waals surface area (Å²) in [5.74, 6) is -0.984. The Kier molecular flexibility index (Phi) is 8.60. The first-order valence-electron chi connectivity index (χ1n) is 7.61. The van der Waals surface area contributed by atoms with Gasteiger partial charge in [-0.2, -0.15) is 0 Å². The summed E-state index contributed by atoms with van der Waals surface area (Å²) in [5, 5.41) is 2.53. The molecule has 0 saturated carbocycles. The lowest BCUT2D eigenvalue weighted by molar-refractivity contribution is -0.274. The van der Waals surface area contributed by atoms with Gasteiger partial charge in [-0.3, -0.25) is 0 Å². The summed E-state index contributed by atoms with van der Waals surface area (Å²) in [7, 11) is 0. The SMILES string of the molecule is CCOc1ccc(CN=C(N)Nc2ccccc2OC(F)(F)F)cc1F.I. The lowest BCUT2D eigenvalue weighted by Gasteiger charge is -2.14. The molecule has 0 unspecified atom stereocenters. The lowest BCUT2D eigenvalue weighted by atomic mass is 10.2. The van der Waals surface area contributed by atoms with Crippen LogP contribution >= 0.6 is 24.0 Å². The van der Waals surface area contributed by atoms with E-state index in [1.807, 2.05) is 0 Å². The molecule has 10 heteroatoms. The Morgan fingerprint density at radius 1 is 1.15 bits per heavy atom. The number of anilines is 1. The number of halogens is 5. The van der Waals surface area contributed by atoms with Crippen LogP contribution in [0.1, 0.15) is 12.5 Å². The Labute approximate surface area is 170 Å². The van der Waals surface area contributed by atoms with Crippen molar-refractivity contribution in [1.29, 1.82) is 0 Å². The van der Waals surface area contributed by atoms with Crippen molar-refractivity contribution in [3.8, 4) is 11.5 Å². The molecule has 0 radical (unpaired) electrons. The monoisotopic (exact) mass is 499 g/mol. The van der Waals surface area contributed by atoms with Gasteiger partial charge >= 0.3 is 6.36 Å². The number of hydrogen-bond acceptors (Lipinski definition) is 3. The third-order valence-corrected chi connectivity index (χ3v) is 3.10. The number of nitrogens with two attached hydrogens (primary N) is 1. The van der Waals surface area contributed by atoms with Crippen molar-refractivity contribution in [1.82, 2.24) is 0 Å². The number of para-hydroxylation sites is 2. The predicted molar refractivity (Wildman–Crippen MR) is 105 cm³/mol. The van der Waals surface area contributed by atoms with Crippen LogP contribution in [0.3, 0.4) is 0 Å². The normalized spacial score (nSPS) is 11.5. The molecule has 0 atom stereocenters. The molecule has 2 aromatic carbocycles. The molecule has 148 valence electrons. The van der Waals surface area contributed by atoms with E-state index in [4.69, 9.17) is 10.5 Å². The molecule has 0 bridgehead atoms. The van der Waals surface area contributed by atoms with E-state index in [9.17, 15) is 17.6 Å². The molecule has 0 aliphatic rings. The zero-order valence-corrected chi connectivity index (χ0v) is 16.5. The lowest BCUT2D eigenvalue weighted by Crippen LogP contribution is -2.24. The van der Waals surface area contributed by atoms with Crippen molar-refractivity contribution in [3.63, 3.8) is 0 Å². The highest BCUT2D eigenvalue weighted by Crippen LogP contribution is 2.29. The van der Waals surface area contributed by atoms with Gasteiger partial charge in [-0.1, -0.05) is 18.2 Å². The zero-order valence-electron chi connectivity index (χ0n) is 14.2. The first kappa shape index (κ1) is 22.8. The summed E-state index contributed by atoms with van der Waals surface area (Å²) in [5.41, 5.74) is 6.21. The number of guanidine groups is 1. The molecule has 27 heavy (non-hydrogen) atoms. The number of ether oxygens (including phenoxy) is 2. The molecule has 2 aromatic rings. The minimum atomic E-state index is -4.83. The van der Waals surface area contributed by atoms with Gasteiger partial charge in [0.05, 0.1) is 18.8 Å². The molecule has 0 saturated heterocycles. The third-order valence-electron chi connectivity index (χ3n) is 3.10. The number of nitrogens with one attached hydrogen (secondary N) is 1. The average Bonchev–Trinajstić information content (AvgIpc) is 2.56. The van der Waals surface area contributed by atoms with Gasteiger partial charge in [0.25, 0.3) is 0 Å². The maximum atomic E-state index is 13.8. The second kappa shape index (κ2) is 10.2. The number of aliphatic imine (C=N–C) groups is 1. The summed E-state index contributed by atoms with van der Waals surface area (Å²) >= 11 is 0. The Balaban J connectivity index is 0.00000364. The first-order valence-corrected chi connectivity index (χ1v) is 7.61. The topological polar surface area (TPSA) is 68.9 Å². The summed E-state index contributed by atoms with van der Waals surface area (Å²) in [6, 6.07) is 9.75. The smallest absolute Gasteiger partial charge is 0.491 e. The van der Waals surface area contributed by atoms with E-state index >= 15 is 0 Å². The van der Waals surface area contributed by atoms with Crippen LogP contribution in [-0.4, -0.2) is 18.9 Å². The number of hydrogen-bond donors (Lipinski definition) is 2. The maximum Gasteiger partial charge on any atom is 0.573 e. The number of nitrogens with zero attached hydrogens (tertiary/aromatic N) is 1. The van der Waals surface area contributed by atoms with Gasteiger partial charge in [0.15, 0.2) is 23.3 Å². The third kappa shape index (κ3) is 7.49. The molecule has 0 aliphatic heterocycles. The molecule has 0 fully saturated rings. The molecular formula is C17H18F4IN3O2. The van der Waals surface area contributed by atoms with E-state index < -0.39 is 17.9 Å². The quantitative estimate of drug-likeness (QED) is 0.263. The van der Waals surface area contributed by atoms with Crippen molar-refractivity contribution in [2.24, 2.45) is 10.7 Å². The van der Waals surface area contributed by atoms with Crippen LogP contribution in [0.5, 0.6) is 11.5 Å². The molecule has 0 aliphatic carbocycles. The van der Waals surface area contributed by atoms with Crippen molar-refractivity contribution in [2.75, 3.05) is 11.9 Å². The van der Waals surface area contributed by atoms with Gasteiger partial charge in [-0.25, -0.2) is 9.38 Å². The van der Waals surface area contributed by atoms with Gasteiger partial charge in [0.1, 0.15) is 0 Å². The molecule has 5 nitrogen and oxygen atoms in total. The van der Waals surface area contributed by atoms with Crippen LogP contribution in [0.2, 0.25) is 0 Å². The van der Waals surface area contributed by atoms with E-state index in [-0.39, 0.29) is 47.9 Å². The van der Waals surface area contributed by atoms with E-state index in [0.717, 1.165) is 6.07 Å². The molecule has 0 aromatic heterocycles. The zero-order chi connectivity index (χ0) is 19.2. The van der Waals surface area contributed by atoms with E-state index in [0.29, 0.717) is 12.2 Å². The fraction of sp³-hybridized carbons (Fsp3) is 0.235. The Bertz CT molecular complexity index is 785. The largest absolute Gasteiger partial charge is 0.573 e. The molecule has 0 spiro atoms. The van der Waals surface area contributed by atoms with Crippen molar-refractivity contribution in [3.05, 3.63) is 53.8 Å². The first-order chi connectivity index (χ1) is 12.3. The number of benzene rings is 2. The van der Waals surface area contributed by atoms with Crippen LogP contribution in [0.25, 0.3) is 0 Å². The maximum absolute atomic E-state index is 13.8. The van der Waals surface area contributed by atoms with Gasteiger partial charge in [-0.15, -0.1) is 37.1 Å². The van der Waals surface area contributed by atoms with Gasteiger partial charge in [-0.05, 0) is 36.8 Å². The minimum absolute atomic E-state index is 0.